The van der Waals surface area contributed by atoms with Crippen molar-refractivity contribution in [3.8, 4) is 5.75 Å². The smallest absolute Gasteiger partial charge is 0.410 e. The van der Waals surface area contributed by atoms with Gasteiger partial charge in [0.25, 0.3) is 0 Å². The third-order valence-electron chi connectivity index (χ3n) is 3.03. The maximum atomic E-state index is 11.9. The van der Waals surface area contributed by atoms with Crippen LogP contribution in [-0.4, -0.2) is 23.6 Å². The van der Waals surface area contributed by atoms with Gasteiger partial charge in [0.15, 0.2) is 0 Å². The average Bonchev–Trinajstić information content (AvgIpc) is 2.78. The molecule has 0 aliphatic carbocycles. The van der Waals surface area contributed by atoms with Gasteiger partial charge in [-0.25, -0.2) is 4.79 Å². The van der Waals surface area contributed by atoms with Crippen molar-refractivity contribution < 1.29 is 9.53 Å². The second-order valence-electron chi connectivity index (χ2n) is 4.08. The maximum absolute atomic E-state index is 11.9. The van der Waals surface area contributed by atoms with E-state index in [9.17, 15) is 4.79 Å². The standard InChI is InChI=1S/C13H17NO2/c1-2-11-7-6-10-14(11)13(15)16-12-8-4-3-5-9-12/h3-5,8-9,11H,2,6-7,10H2,1H3. The van der Waals surface area contributed by atoms with Crippen LogP contribution >= 0.6 is 0 Å². The van der Waals surface area contributed by atoms with E-state index in [1.165, 1.54) is 0 Å². The first-order chi connectivity index (χ1) is 7.81. The minimum absolute atomic E-state index is 0.212. The van der Waals surface area contributed by atoms with Crippen LogP contribution in [0.25, 0.3) is 0 Å². The highest BCUT2D eigenvalue weighted by Crippen LogP contribution is 2.21. The van der Waals surface area contributed by atoms with Gasteiger partial charge in [-0.2, -0.15) is 0 Å². The van der Waals surface area contributed by atoms with Crippen LogP contribution in [0.4, 0.5) is 4.79 Å². The largest absolute Gasteiger partial charge is 0.415 e. The average molecular weight is 219 g/mol. The lowest BCUT2D eigenvalue weighted by atomic mass is 10.2. The summed E-state index contributed by atoms with van der Waals surface area (Å²) in [7, 11) is 0. The zero-order chi connectivity index (χ0) is 11.4. The molecule has 3 heteroatoms. The molecular formula is C13H17NO2. The predicted octanol–water partition coefficient (Wildman–Crippen LogP) is 3.06. The minimum Gasteiger partial charge on any atom is -0.410 e. The molecule has 3 nitrogen and oxygen atoms in total. The number of likely N-dealkylation sites (tertiary alicyclic amines) is 1. The van der Waals surface area contributed by atoms with E-state index in [1.54, 1.807) is 12.1 Å². The fourth-order valence-corrected chi connectivity index (χ4v) is 2.15. The van der Waals surface area contributed by atoms with E-state index in [0.717, 1.165) is 25.8 Å². The summed E-state index contributed by atoms with van der Waals surface area (Å²) in [6.45, 7) is 2.93. The first-order valence-electron chi connectivity index (χ1n) is 5.84. The van der Waals surface area contributed by atoms with Gasteiger partial charge in [-0.1, -0.05) is 25.1 Å². The molecule has 0 bridgehead atoms. The molecule has 1 saturated heterocycles. The van der Waals surface area contributed by atoms with Gasteiger partial charge in [-0.15, -0.1) is 0 Å². The molecule has 0 radical (unpaired) electrons. The van der Waals surface area contributed by atoms with E-state index in [2.05, 4.69) is 6.92 Å². The number of benzene rings is 1. The molecule has 1 fully saturated rings. The SMILES string of the molecule is CCC1CCCN1C(=O)Oc1ccccc1. The molecule has 0 saturated carbocycles. The van der Waals surface area contributed by atoms with E-state index in [1.807, 2.05) is 23.1 Å². The lowest BCUT2D eigenvalue weighted by Gasteiger charge is -2.22. The van der Waals surface area contributed by atoms with E-state index in [0.29, 0.717) is 11.8 Å². The molecular weight excluding hydrogens is 202 g/mol. The Bertz CT molecular complexity index is 350. The molecule has 0 spiro atoms. The maximum Gasteiger partial charge on any atom is 0.415 e. The van der Waals surface area contributed by atoms with Crippen molar-refractivity contribution in [3.63, 3.8) is 0 Å². The fraction of sp³-hybridized carbons (Fsp3) is 0.462. The minimum atomic E-state index is -0.212. The monoisotopic (exact) mass is 219 g/mol. The number of carbonyl (C=O) groups excluding carboxylic acids is 1. The highest BCUT2D eigenvalue weighted by molar-refractivity contribution is 5.71. The zero-order valence-electron chi connectivity index (χ0n) is 9.56. The Hall–Kier alpha value is -1.51. The molecule has 16 heavy (non-hydrogen) atoms. The van der Waals surface area contributed by atoms with Crippen molar-refractivity contribution in [2.75, 3.05) is 6.54 Å². The van der Waals surface area contributed by atoms with Crippen LogP contribution in [-0.2, 0) is 0 Å². The van der Waals surface area contributed by atoms with Gasteiger partial charge in [0.2, 0.25) is 0 Å². The summed E-state index contributed by atoms with van der Waals surface area (Å²) in [6, 6.07) is 9.59. The van der Waals surface area contributed by atoms with Crippen molar-refractivity contribution in [1.29, 1.82) is 0 Å². The summed E-state index contributed by atoms with van der Waals surface area (Å²) >= 11 is 0. The Morgan fingerprint density at radius 3 is 2.88 bits per heavy atom. The number of carbonyl (C=O) groups is 1. The first-order valence-corrected chi connectivity index (χ1v) is 5.84. The second kappa shape index (κ2) is 5.01. The van der Waals surface area contributed by atoms with E-state index in [-0.39, 0.29) is 6.09 Å². The van der Waals surface area contributed by atoms with Gasteiger partial charge in [0.05, 0.1) is 0 Å². The molecule has 1 aromatic carbocycles. The molecule has 1 aliphatic heterocycles. The number of nitrogens with zero attached hydrogens (tertiary/aromatic N) is 1. The highest BCUT2D eigenvalue weighted by atomic mass is 16.6. The zero-order valence-corrected chi connectivity index (χ0v) is 9.56. The molecule has 1 aromatic rings. The van der Waals surface area contributed by atoms with Crippen molar-refractivity contribution >= 4 is 6.09 Å². The first kappa shape index (κ1) is 11.0. The molecule has 1 unspecified atom stereocenters. The Balaban J connectivity index is 1.98. The third-order valence-corrected chi connectivity index (χ3v) is 3.03. The predicted molar refractivity (Wildman–Crippen MR) is 62.5 cm³/mol. The van der Waals surface area contributed by atoms with Crippen LogP contribution in [0.5, 0.6) is 5.75 Å². The number of para-hydroxylation sites is 1. The molecule has 86 valence electrons. The second-order valence-corrected chi connectivity index (χ2v) is 4.08. The number of amides is 1. The fourth-order valence-electron chi connectivity index (χ4n) is 2.15. The van der Waals surface area contributed by atoms with Crippen molar-refractivity contribution in [2.45, 2.75) is 32.2 Å². The van der Waals surface area contributed by atoms with Gasteiger partial charge >= 0.3 is 6.09 Å². The van der Waals surface area contributed by atoms with Gasteiger partial charge < -0.3 is 9.64 Å². The summed E-state index contributed by atoms with van der Waals surface area (Å²) in [5.41, 5.74) is 0. The van der Waals surface area contributed by atoms with Crippen LogP contribution in [0, 0.1) is 0 Å². The number of ether oxygens (including phenoxy) is 1. The summed E-state index contributed by atoms with van der Waals surface area (Å²) in [5.74, 6) is 0.620. The van der Waals surface area contributed by atoms with Crippen molar-refractivity contribution in [1.82, 2.24) is 4.90 Å². The normalized spacial score (nSPS) is 19.8. The van der Waals surface area contributed by atoms with E-state index in [4.69, 9.17) is 4.74 Å². The lowest BCUT2D eigenvalue weighted by Crippen LogP contribution is -2.37. The Labute approximate surface area is 96.0 Å². The number of rotatable bonds is 2. The Kier molecular flexibility index (Phi) is 3.44. The van der Waals surface area contributed by atoms with Crippen LogP contribution in [0.1, 0.15) is 26.2 Å². The molecule has 1 atom stereocenters. The summed E-state index contributed by atoms with van der Waals surface area (Å²) < 4.78 is 5.32. The Morgan fingerprint density at radius 1 is 1.44 bits per heavy atom. The highest BCUT2D eigenvalue weighted by Gasteiger charge is 2.28. The quantitative estimate of drug-likeness (QED) is 0.765. The number of hydrogen-bond acceptors (Lipinski definition) is 2. The summed E-state index contributed by atoms with van der Waals surface area (Å²) in [5, 5.41) is 0. The third kappa shape index (κ3) is 2.35. The van der Waals surface area contributed by atoms with Gasteiger partial charge in [0.1, 0.15) is 5.75 Å². The van der Waals surface area contributed by atoms with Crippen LogP contribution in [0.2, 0.25) is 0 Å². The molecule has 1 amide bonds. The topological polar surface area (TPSA) is 29.5 Å². The summed E-state index contributed by atoms with van der Waals surface area (Å²) in [4.78, 5) is 13.7. The summed E-state index contributed by atoms with van der Waals surface area (Å²) in [6.07, 6.45) is 2.97. The lowest BCUT2D eigenvalue weighted by molar-refractivity contribution is 0.146. The molecule has 2 rings (SSSR count). The van der Waals surface area contributed by atoms with Crippen LogP contribution in [0.3, 0.4) is 0 Å². The van der Waals surface area contributed by atoms with Crippen LogP contribution in [0.15, 0.2) is 30.3 Å². The van der Waals surface area contributed by atoms with E-state index >= 15 is 0 Å². The van der Waals surface area contributed by atoms with Crippen molar-refractivity contribution in [3.05, 3.63) is 30.3 Å². The van der Waals surface area contributed by atoms with Gasteiger partial charge in [0, 0.05) is 12.6 Å². The number of hydrogen-bond donors (Lipinski definition) is 0. The van der Waals surface area contributed by atoms with Gasteiger partial charge in [-0.3, -0.25) is 0 Å². The molecule has 1 heterocycles. The van der Waals surface area contributed by atoms with Gasteiger partial charge in [-0.05, 0) is 31.4 Å². The van der Waals surface area contributed by atoms with E-state index < -0.39 is 0 Å². The Morgan fingerprint density at radius 2 is 2.19 bits per heavy atom. The molecule has 0 N–H and O–H groups in total. The molecule has 0 aromatic heterocycles. The van der Waals surface area contributed by atoms with Crippen LogP contribution < -0.4 is 4.74 Å². The van der Waals surface area contributed by atoms with Crippen molar-refractivity contribution in [2.24, 2.45) is 0 Å². The molecule has 1 aliphatic rings.